The van der Waals surface area contributed by atoms with Gasteiger partial charge in [0.15, 0.2) is 0 Å². The second-order valence-electron chi connectivity index (χ2n) is 7.11. The molecule has 1 amide bonds. The Morgan fingerprint density at radius 3 is 2.85 bits per heavy atom. The number of aromatic nitrogens is 1. The molecule has 0 radical (unpaired) electrons. The number of furan rings is 1. The van der Waals surface area contributed by atoms with E-state index in [0.717, 1.165) is 30.0 Å². The number of hydrogen-bond donors (Lipinski definition) is 2. The van der Waals surface area contributed by atoms with Gasteiger partial charge in [0.05, 0.1) is 12.8 Å². The molecule has 0 saturated heterocycles. The smallest absolute Gasteiger partial charge is 0.317 e. The molecule has 0 unspecified atom stereocenters. The molecule has 8 heteroatoms. The summed E-state index contributed by atoms with van der Waals surface area (Å²) in [6.45, 7) is 0.944. The molecule has 2 heterocycles. The van der Waals surface area contributed by atoms with Crippen LogP contribution in [0.25, 0.3) is 10.6 Å². The Kier molecular flexibility index (Phi) is 4.78. The molecule has 0 atom stereocenters. The first kappa shape index (κ1) is 17.2. The van der Waals surface area contributed by atoms with E-state index in [9.17, 15) is 9.59 Å². The van der Waals surface area contributed by atoms with Crippen LogP contribution in [0.3, 0.4) is 0 Å². The number of rotatable bonds is 8. The molecule has 0 aromatic carbocycles. The van der Waals surface area contributed by atoms with E-state index >= 15 is 0 Å². The number of aliphatic carboxylic acids is 1. The van der Waals surface area contributed by atoms with E-state index < -0.39 is 5.97 Å². The number of carbonyl (C=O) groups is 2. The Balaban J connectivity index is 1.29. The molecule has 2 N–H and O–H groups in total. The van der Waals surface area contributed by atoms with Crippen molar-refractivity contribution < 1.29 is 19.1 Å². The van der Waals surface area contributed by atoms with Crippen LogP contribution in [0.1, 0.15) is 36.2 Å². The Bertz CT molecular complexity index is 778. The quantitative estimate of drug-likeness (QED) is 0.736. The Morgan fingerprint density at radius 2 is 2.19 bits per heavy atom. The number of nitrogens with zero attached hydrogens (tertiary/aromatic N) is 2. The summed E-state index contributed by atoms with van der Waals surface area (Å²) in [7, 11) is 0. The number of amides is 1. The number of hydrogen-bond acceptors (Lipinski definition) is 6. The van der Waals surface area contributed by atoms with Crippen molar-refractivity contribution in [3.05, 3.63) is 29.7 Å². The molecule has 138 valence electrons. The molecular weight excluding hydrogens is 354 g/mol. The number of carboxylic acids is 1. The monoisotopic (exact) mass is 375 g/mol. The van der Waals surface area contributed by atoms with Crippen molar-refractivity contribution >= 4 is 23.2 Å². The van der Waals surface area contributed by atoms with Crippen LogP contribution in [-0.2, 0) is 4.79 Å². The highest BCUT2D eigenvalue weighted by Gasteiger charge is 2.38. The summed E-state index contributed by atoms with van der Waals surface area (Å²) in [6, 6.07) is 2.14. The van der Waals surface area contributed by atoms with Gasteiger partial charge in [-0.15, -0.1) is 11.3 Å². The first-order chi connectivity index (χ1) is 12.6. The molecule has 4 rings (SSSR count). The third-order valence-electron chi connectivity index (χ3n) is 5.00. The molecule has 2 aliphatic carbocycles. The van der Waals surface area contributed by atoms with Crippen LogP contribution >= 0.6 is 11.3 Å². The van der Waals surface area contributed by atoms with Gasteiger partial charge >= 0.3 is 5.97 Å². The summed E-state index contributed by atoms with van der Waals surface area (Å²) in [5.41, 5.74) is 1.28. The molecule has 0 bridgehead atoms. The summed E-state index contributed by atoms with van der Waals surface area (Å²) < 4.78 is 5.04. The Labute approximate surface area is 155 Å². The van der Waals surface area contributed by atoms with Gasteiger partial charge < -0.3 is 14.8 Å². The highest BCUT2D eigenvalue weighted by Crippen LogP contribution is 2.34. The lowest BCUT2D eigenvalue weighted by molar-refractivity contribution is -0.139. The first-order valence-corrected chi connectivity index (χ1v) is 9.71. The molecule has 7 nitrogen and oxygen atoms in total. The van der Waals surface area contributed by atoms with E-state index in [-0.39, 0.29) is 24.5 Å². The van der Waals surface area contributed by atoms with Gasteiger partial charge in [-0.25, -0.2) is 4.98 Å². The van der Waals surface area contributed by atoms with Gasteiger partial charge in [0.2, 0.25) is 0 Å². The summed E-state index contributed by atoms with van der Waals surface area (Å²) in [5.74, 6) is -0.307. The lowest BCUT2D eigenvalue weighted by atomic mass is 9.85. The van der Waals surface area contributed by atoms with Gasteiger partial charge in [0.25, 0.3) is 5.91 Å². The topological polar surface area (TPSA) is 95.7 Å². The van der Waals surface area contributed by atoms with Crippen LogP contribution in [0.2, 0.25) is 0 Å². The largest absolute Gasteiger partial charge is 0.480 e. The van der Waals surface area contributed by atoms with Gasteiger partial charge in [0.1, 0.15) is 17.0 Å². The van der Waals surface area contributed by atoms with E-state index in [0.29, 0.717) is 11.6 Å². The molecule has 2 aromatic heterocycles. The minimum absolute atomic E-state index is 0.0853. The molecular formula is C18H21N3O4S. The van der Waals surface area contributed by atoms with Crippen LogP contribution in [0.5, 0.6) is 0 Å². The van der Waals surface area contributed by atoms with Crippen LogP contribution in [0.4, 0.5) is 0 Å². The fourth-order valence-electron chi connectivity index (χ4n) is 3.31. The molecule has 0 spiro atoms. The maximum Gasteiger partial charge on any atom is 0.317 e. The zero-order valence-corrected chi connectivity index (χ0v) is 15.1. The third kappa shape index (κ3) is 3.96. The summed E-state index contributed by atoms with van der Waals surface area (Å²) in [5, 5.41) is 14.6. The number of nitrogens with one attached hydrogen (secondary N) is 1. The van der Waals surface area contributed by atoms with E-state index in [1.165, 1.54) is 24.2 Å². The minimum Gasteiger partial charge on any atom is -0.480 e. The highest BCUT2D eigenvalue weighted by atomic mass is 32.1. The van der Waals surface area contributed by atoms with Crippen molar-refractivity contribution in [2.24, 2.45) is 5.92 Å². The van der Waals surface area contributed by atoms with E-state index in [1.807, 2.05) is 6.07 Å². The fraction of sp³-hybridized carbons (Fsp3) is 0.500. The Hall–Kier alpha value is -2.19. The molecule has 0 aliphatic heterocycles. The van der Waals surface area contributed by atoms with Crippen LogP contribution in [0.15, 0.2) is 28.4 Å². The predicted molar refractivity (Wildman–Crippen MR) is 96.0 cm³/mol. The maximum atomic E-state index is 12.4. The lowest BCUT2D eigenvalue weighted by Gasteiger charge is -2.42. The maximum absolute atomic E-state index is 12.4. The third-order valence-corrected chi connectivity index (χ3v) is 5.89. The van der Waals surface area contributed by atoms with Gasteiger partial charge in [-0.1, -0.05) is 0 Å². The van der Waals surface area contributed by atoms with Crippen molar-refractivity contribution in [2.45, 2.75) is 37.8 Å². The van der Waals surface area contributed by atoms with Gasteiger partial charge in [-0.05, 0) is 37.7 Å². The van der Waals surface area contributed by atoms with E-state index in [1.54, 1.807) is 17.9 Å². The van der Waals surface area contributed by atoms with Crippen LogP contribution < -0.4 is 5.32 Å². The first-order valence-electron chi connectivity index (χ1n) is 8.83. The van der Waals surface area contributed by atoms with Gasteiger partial charge in [-0.3, -0.25) is 14.5 Å². The second kappa shape index (κ2) is 7.20. The molecule has 2 fully saturated rings. The van der Waals surface area contributed by atoms with Crippen molar-refractivity contribution in [3.63, 3.8) is 0 Å². The number of carbonyl (C=O) groups excluding carboxylic acids is 1. The average molecular weight is 375 g/mol. The fourth-order valence-corrected chi connectivity index (χ4v) is 4.09. The SMILES string of the molecule is O=C(O)CN(CC1CC1)C1CC(NC(=O)c2csc(-c3ccoc3)n2)C1. The molecule has 2 saturated carbocycles. The van der Waals surface area contributed by atoms with E-state index in [4.69, 9.17) is 9.52 Å². The zero-order valence-electron chi connectivity index (χ0n) is 14.3. The molecule has 2 aliphatic rings. The normalized spacial score (nSPS) is 22.2. The second-order valence-corrected chi connectivity index (χ2v) is 7.97. The lowest BCUT2D eigenvalue weighted by Crippen LogP contribution is -2.55. The van der Waals surface area contributed by atoms with Crippen molar-refractivity contribution in [2.75, 3.05) is 13.1 Å². The van der Waals surface area contributed by atoms with Crippen LogP contribution in [0, 0.1) is 5.92 Å². The zero-order chi connectivity index (χ0) is 18.1. The predicted octanol–water partition coefficient (Wildman–Crippen LogP) is 2.46. The average Bonchev–Trinajstić information content (AvgIpc) is 3.03. The molecule has 2 aromatic rings. The van der Waals surface area contributed by atoms with Gasteiger partial charge in [-0.2, -0.15) is 0 Å². The van der Waals surface area contributed by atoms with Gasteiger partial charge in [0, 0.05) is 29.6 Å². The standard InChI is InChI=1S/C18H21N3O4S/c22-16(23)8-21(7-11-1-2-11)14-5-13(6-14)19-17(24)15-10-26-18(20-15)12-3-4-25-9-12/h3-4,9-11,13-14H,1-2,5-8H2,(H,19,24)(H,22,23). The van der Waals surface area contributed by atoms with Crippen molar-refractivity contribution in [3.8, 4) is 10.6 Å². The van der Waals surface area contributed by atoms with Crippen molar-refractivity contribution in [1.29, 1.82) is 0 Å². The Morgan fingerprint density at radius 1 is 1.38 bits per heavy atom. The number of carboxylic acid groups (broad SMARTS) is 1. The van der Waals surface area contributed by atoms with Crippen molar-refractivity contribution in [1.82, 2.24) is 15.2 Å². The summed E-state index contributed by atoms with van der Waals surface area (Å²) >= 11 is 1.41. The summed E-state index contributed by atoms with van der Waals surface area (Å²) in [6.07, 6.45) is 7.18. The molecule has 26 heavy (non-hydrogen) atoms. The summed E-state index contributed by atoms with van der Waals surface area (Å²) in [4.78, 5) is 29.9. The van der Waals surface area contributed by atoms with E-state index in [2.05, 4.69) is 15.2 Å². The highest BCUT2D eigenvalue weighted by molar-refractivity contribution is 7.13. The van der Waals surface area contributed by atoms with Crippen LogP contribution in [-0.4, -0.2) is 52.0 Å². The minimum atomic E-state index is -0.785. The number of thiazole rings is 1.